The van der Waals surface area contributed by atoms with Gasteiger partial charge >= 0.3 is 17.9 Å². The zero-order valence-corrected chi connectivity index (χ0v) is 11.4. The van der Waals surface area contributed by atoms with Gasteiger partial charge in [-0.05, 0) is 6.92 Å². The quantitative estimate of drug-likeness (QED) is 0.888. The lowest BCUT2D eigenvalue weighted by molar-refractivity contribution is -0.193. The van der Waals surface area contributed by atoms with Gasteiger partial charge in [-0.1, -0.05) is 30.3 Å². The van der Waals surface area contributed by atoms with Gasteiger partial charge in [0.1, 0.15) is 5.84 Å². The maximum Gasteiger partial charge on any atom is 0.442 e. The number of hydrogen-bond acceptors (Lipinski definition) is 4. The molecule has 118 valence electrons. The van der Waals surface area contributed by atoms with Crippen LogP contribution in [0, 0.1) is 0 Å². The topological polar surface area (TPSA) is 79.8 Å². The van der Waals surface area contributed by atoms with E-state index in [-0.39, 0.29) is 18.0 Å². The summed E-state index contributed by atoms with van der Waals surface area (Å²) in [6.45, 7) is 1.28. The highest BCUT2D eigenvalue weighted by Crippen LogP contribution is 2.35. The molecule has 2 amide bonds. The van der Waals surface area contributed by atoms with Gasteiger partial charge in [-0.15, -0.1) is 0 Å². The second-order valence-electron chi connectivity index (χ2n) is 4.33. The van der Waals surface area contributed by atoms with Crippen molar-refractivity contribution in [3.05, 3.63) is 35.9 Å². The van der Waals surface area contributed by atoms with Gasteiger partial charge in [0.25, 0.3) is 5.91 Å². The Labute approximate surface area is 123 Å². The zero-order valence-electron chi connectivity index (χ0n) is 11.4. The second-order valence-corrected chi connectivity index (χ2v) is 4.33. The molecule has 1 aromatic rings. The Kier molecular flexibility index (Phi) is 4.07. The number of amidine groups is 1. The molecule has 0 saturated carbocycles. The number of benzene rings is 1. The molecule has 0 aromatic heterocycles. The van der Waals surface area contributed by atoms with Crippen LogP contribution in [-0.4, -0.2) is 36.3 Å². The predicted octanol–water partition coefficient (Wildman–Crippen LogP) is 1.57. The Morgan fingerprint density at radius 1 is 1.36 bits per heavy atom. The molecule has 2 rings (SSSR count). The summed E-state index contributed by atoms with van der Waals surface area (Å²) < 4.78 is 44.4. The lowest BCUT2D eigenvalue weighted by atomic mass is 10.1. The molecule has 1 atom stereocenters. The first-order chi connectivity index (χ1) is 10.3. The van der Waals surface area contributed by atoms with Crippen molar-refractivity contribution in [3.8, 4) is 0 Å². The molecule has 0 radical (unpaired) electrons. The summed E-state index contributed by atoms with van der Waals surface area (Å²) >= 11 is 0. The number of aliphatic imine (C=N–C) groups is 1. The van der Waals surface area contributed by atoms with E-state index in [0.29, 0.717) is 0 Å². The molecule has 1 aliphatic heterocycles. The van der Waals surface area contributed by atoms with Gasteiger partial charge in [0.05, 0.1) is 6.61 Å². The maximum absolute atomic E-state index is 13.3. The van der Waals surface area contributed by atoms with Crippen LogP contribution in [0.3, 0.4) is 0 Å². The van der Waals surface area contributed by atoms with Crippen LogP contribution in [0.1, 0.15) is 12.5 Å². The molecule has 1 aliphatic rings. The number of nitrogens with zero attached hydrogens (tertiary/aromatic N) is 1. The van der Waals surface area contributed by atoms with E-state index in [1.807, 2.05) is 5.32 Å². The first kappa shape index (κ1) is 15.8. The number of alkyl carbamates (subject to hydrolysis) is 1. The number of amides is 2. The fraction of sp³-hybridized carbons (Fsp3) is 0.308. The monoisotopic (exact) mass is 315 g/mol. The summed E-state index contributed by atoms with van der Waals surface area (Å²) in [7, 11) is 0. The zero-order chi connectivity index (χ0) is 16.4. The minimum Gasteiger partial charge on any atom is -0.450 e. The van der Waals surface area contributed by atoms with Crippen molar-refractivity contribution in [1.29, 1.82) is 0 Å². The van der Waals surface area contributed by atoms with E-state index in [1.54, 1.807) is 18.2 Å². The number of rotatable bonds is 3. The maximum atomic E-state index is 13.3. The normalized spacial score (nSPS) is 21.1. The highest BCUT2D eigenvalue weighted by molar-refractivity contribution is 6.16. The average Bonchev–Trinajstić information content (AvgIpc) is 2.78. The number of carbonyl (C=O) groups is 2. The van der Waals surface area contributed by atoms with Gasteiger partial charge in [-0.25, -0.2) is 9.79 Å². The molecular formula is C13H12F3N3O3. The van der Waals surface area contributed by atoms with Crippen LogP contribution in [-0.2, 0) is 9.53 Å². The summed E-state index contributed by atoms with van der Waals surface area (Å²) in [6, 6.07) is 7.79. The van der Waals surface area contributed by atoms with Gasteiger partial charge in [0.2, 0.25) is 0 Å². The molecular weight excluding hydrogens is 303 g/mol. The van der Waals surface area contributed by atoms with Crippen molar-refractivity contribution >= 4 is 17.8 Å². The number of alkyl halides is 3. The summed E-state index contributed by atoms with van der Waals surface area (Å²) in [5, 5.41) is 3.53. The molecule has 0 fully saturated rings. The molecule has 1 heterocycles. The third kappa shape index (κ3) is 2.74. The van der Waals surface area contributed by atoms with Crippen molar-refractivity contribution < 1.29 is 27.5 Å². The number of carbonyl (C=O) groups excluding carboxylic acids is 2. The van der Waals surface area contributed by atoms with Crippen LogP contribution >= 0.6 is 0 Å². The van der Waals surface area contributed by atoms with Crippen LogP contribution in [0.2, 0.25) is 0 Å². The van der Waals surface area contributed by atoms with E-state index in [0.717, 1.165) is 0 Å². The SMILES string of the molecule is CCOC(=O)N[C@]1(C(F)(F)F)N=C(c2ccccc2)NC1=O. The molecule has 0 aliphatic carbocycles. The molecule has 0 unspecified atom stereocenters. The predicted molar refractivity (Wildman–Crippen MR) is 70.1 cm³/mol. The highest BCUT2D eigenvalue weighted by Gasteiger charge is 2.65. The van der Waals surface area contributed by atoms with Crippen LogP contribution in [0.4, 0.5) is 18.0 Å². The number of ether oxygens (including phenoxy) is 1. The fourth-order valence-electron chi connectivity index (χ4n) is 1.84. The Morgan fingerprint density at radius 2 is 2.00 bits per heavy atom. The van der Waals surface area contributed by atoms with Crippen LogP contribution < -0.4 is 10.6 Å². The largest absolute Gasteiger partial charge is 0.450 e. The third-order valence-corrected chi connectivity index (χ3v) is 2.86. The van der Waals surface area contributed by atoms with Crippen LogP contribution in [0.15, 0.2) is 35.3 Å². The van der Waals surface area contributed by atoms with E-state index >= 15 is 0 Å². The van der Waals surface area contributed by atoms with E-state index in [9.17, 15) is 22.8 Å². The summed E-state index contributed by atoms with van der Waals surface area (Å²) in [5.41, 5.74) is -3.11. The molecule has 0 saturated heterocycles. The Bertz CT molecular complexity index is 616. The molecule has 2 N–H and O–H groups in total. The second kappa shape index (κ2) is 5.66. The van der Waals surface area contributed by atoms with Crippen molar-refractivity contribution in [2.45, 2.75) is 18.8 Å². The average molecular weight is 315 g/mol. The van der Waals surface area contributed by atoms with E-state index in [1.165, 1.54) is 24.4 Å². The first-order valence-electron chi connectivity index (χ1n) is 6.28. The lowest BCUT2D eigenvalue weighted by Gasteiger charge is -2.26. The lowest BCUT2D eigenvalue weighted by Crippen LogP contribution is -2.63. The number of hydrogen-bond donors (Lipinski definition) is 2. The number of nitrogens with one attached hydrogen (secondary N) is 2. The van der Waals surface area contributed by atoms with E-state index in [4.69, 9.17) is 0 Å². The van der Waals surface area contributed by atoms with E-state index < -0.39 is 23.8 Å². The third-order valence-electron chi connectivity index (χ3n) is 2.86. The summed E-state index contributed by atoms with van der Waals surface area (Å²) in [6.07, 6.45) is -6.51. The van der Waals surface area contributed by atoms with Gasteiger partial charge < -0.3 is 10.1 Å². The molecule has 22 heavy (non-hydrogen) atoms. The van der Waals surface area contributed by atoms with Crippen LogP contribution in [0.25, 0.3) is 0 Å². The highest BCUT2D eigenvalue weighted by atomic mass is 19.4. The van der Waals surface area contributed by atoms with Crippen LogP contribution in [0.5, 0.6) is 0 Å². The Morgan fingerprint density at radius 3 is 2.55 bits per heavy atom. The Balaban J connectivity index is 2.43. The van der Waals surface area contributed by atoms with Gasteiger partial charge in [0, 0.05) is 5.56 Å². The minimum atomic E-state index is -5.12. The van der Waals surface area contributed by atoms with Gasteiger partial charge in [0.15, 0.2) is 0 Å². The first-order valence-corrected chi connectivity index (χ1v) is 6.28. The van der Waals surface area contributed by atoms with E-state index in [2.05, 4.69) is 9.73 Å². The van der Waals surface area contributed by atoms with Crippen molar-refractivity contribution in [3.63, 3.8) is 0 Å². The van der Waals surface area contributed by atoms with Crippen molar-refractivity contribution in [2.75, 3.05) is 6.61 Å². The van der Waals surface area contributed by atoms with Gasteiger partial charge in [-0.2, -0.15) is 13.2 Å². The van der Waals surface area contributed by atoms with Crippen molar-refractivity contribution in [1.82, 2.24) is 10.6 Å². The molecule has 1 aromatic carbocycles. The smallest absolute Gasteiger partial charge is 0.442 e. The number of halogens is 3. The standard InChI is InChI=1S/C13H12F3N3O3/c1-2-22-11(21)19-12(13(14,15)16)10(20)17-9(18-12)8-6-4-3-5-7-8/h3-7H,2H2,1H3,(H,19,21)(H,17,18,20)/t12-/m1/s1. The molecule has 6 nitrogen and oxygen atoms in total. The van der Waals surface area contributed by atoms with Crippen molar-refractivity contribution in [2.24, 2.45) is 4.99 Å². The Hall–Kier alpha value is -2.58. The van der Waals surface area contributed by atoms with Gasteiger partial charge in [-0.3, -0.25) is 10.1 Å². The molecule has 9 heteroatoms. The molecule has 0 bridgehead atoms. The molecule has 0 spiro atoms. The summed E-state index contributed by atoms with van der Waals surface area (Å²) in [4.78, 5) is 26.6. The summed E-state index contributed by atoms with van der Waals surface area (Å²) in [5.74, 6) is -1.77. The fourth-order valence-corrected chi connectivity index (χ4v) is 1.84. The minimum absolute atomic E-state index is 0.142.